The highest BCUT2D eigenvalue weighted by Crippen LogP contribution is 2.26. The molecule has 0 unspecified atom stereocenters. The van der Waals surface area contributed by atoms with Gasteiger partial charge in [-0.05, 0) is 49.2 Å². The topological polar surface area (TPSA) is 91.3 Å². The number of hydrogen-bond donors (Lipinski definition) is 1. The SMILES string of the molecule is CCc1ccccc1N/C=C1\C(=O)N(c2ccc(S(=O)(=O)N3CCOCC3)cc2)N=C1C. The van der Waals surface area contributed by atoms with E-state index in [9.17, 15) is 13.2 Å². The molecule has 1 saturated heterocycles. The summed E-state index contributed by atoms with van der Waals surface area (Å²) in [5.41, 5.74) is 3.65. The fraction of sp³-hybridized carbons (Fsp3) is 0.304. The van der Waals surface area contributed by atoms with Crippen LogP contribution in [0.1, 0.15) is 19.4 Å². The third kappa shape index (κ3) is 4.32. The van der Waals surface area contributed by atoms with E-state index in [-0.39, 0.29) is 10.8 Å². The Kier molecular flexibility index (Phi) is 6.40. The minimum Gasteiger partial charge on any atom is -0.379 e. The first kappa shape index (κ1) is 22.2. The molecule has 0 atom stereocenters. The van der Waals surface area contributed by atoms with Gasteiger partial charge in [0.25, 0.3) is 5.91 Å². The Balaban J connectivity index is 1.52. The van der Waals surface area contributed by atoms with E-state index in [1.54, 1.807) is 25.3 Å². The molecule has 1 fully saturated rings. The van der Waals surface area contributed by atoms with Crippen molar-refractivity contribution in [1.82, 2.24) is 4.31 Å². The molecule has 1 N–H and O–H groups in total. The first-order chi connectivity index (χ1) is 15.4. The molecule has 0 spiro atoms. The van der Waals surface area contributed by atoms with Crippen LogP contribution in [-0.4, -0.2) is 50.6 Å². The number of benzene rings is 2. The third-order valence-electron chi connectivity index (χ3n) is 5.52. The van der Waals surface area contributed by atoms with E-state index in [0.717, 1.165) is 17.7 Å². The number of hydrazone groups is 1. The summed E-state index contributed by atoms with van der Waals surface area (Å²) in [6, 6.07) is 14.1. The van der Waals surface area contributed by atoms with E-state index in [1.807, 2.05) is 24.3 Å². The summed E-state index contributed by atoms with van der Waals surface area (Å²) in [5.74, 6) is -0.271. The van der Waals surface area contributed by atoms with Crippen molar-refractivity contribution in [3.8, 4) is 0 Å². The lowest BCUT2D eigenvalue weighted by molar-refractivity contribution is -0.114. The second-order valence-electron chi connectivity index (χ2n) is 7.53. The minimum atomic E-state index is -3.59. The Hall–Kier alpha value is -3.01. The molecule has 0 bridgehead atoms. The lowest BCUT2D eigenvalue weighted by atomic mass is 10.1. The van der Waals surface area contributed by atoms with Gasteiger partial charge >= 0.3 is 0 Å². The van der Waals surface area contributed by atoms with Gasteiger partial charge in [-0.25, -0.2) is 8.42 Å². The Morgan fingerprint density at radius 1 is 1.09 bits per heavy atom. The van der Waals surface area contributed by atoms with Gasteiger partial charge in [0, 0.05) is 25.0 Å². The highest BCUT2D eigenvalue weighted by atomic mass is 32.2. The Morgan fingerprint density at radius 2 is 1.78 bits per heavy atom. The number of aryl methyl sites for hydroxylation is 1. The van der Waals surface area contributed by atoms with Crippen LogP contribution in [0.2, 0.25) is 0 Å². The first-order valence-corrected chi connectivity index (χ1v) is 12.0. The van der Waals surface area contributed by atoms with Crippen molar-refractivity contribution in [2.45, 2.75) is 25.2 Å². The van der Waals surface area contributed by atoms with Gasteiger partial charge < -0.3 is 10.1 Å². The lowest BCUT2D eigenvalue weighted by Crippen LogP contribution is -2.40. The average molecular weight is 455 g/mol. The molecule has 0 saturated carbocycles. The van der Waals surface area contributed by atoms with E-state index < -0.39 is 10.0 Å². The number of ether oxygens (including phenoxy) is 1. The molecular formula is C23H26N4O4S. The van der Waals surface area contributed by atoms with Crippen molar-refractivity contribution in [2.24, 2.45) is 5.10 Å². The molecule has 4 rings (SSSR count). The third-order valence-corrected chi connectivity index (χ3v) is 7.43. The highest BCUT2D eigenvalue weighted by Gasteiger charge is 2.30. The van der Waals surface area contributed by atoms with Crippen LogP contribution >= 0.6 is 0 Å². The van der Waals surface area contributed by atoms with Crippen molar-refractivity contribution in [3.05, 3.63) is 65.9 Å². The van der Waals surface area contributed by atoms with Crippen LogP contribution in [0.25, 0.3) is 0 Å². The van der Waals surface area contributed by atoms with Gasteiger partial charge in [0.2, 0.25) is 10.0 Å². The number of hydrogen-bond acceptors (Lipinski definition) is 6. The number of carbonyl (C=O) groups excluding carboxylic acids is 1. The molecule has 0 radical (unpaired) electrons. The average Bonchev–Trinajstić information content (AvgIpc) is 3.11. The van der Waals surface area contributed by atoms with Gasteiger partial charge in [-0.3, -0.25) is 4.79 Å². The smallest absolute Gasteiger partial charge is 0.282 e. The number of nitrogens with zero attached hydrogens (tertiary/aromatic N) is 3. The van der Waals surface area contributed by atoms with E-state index in [1.165, 1.54) is 21.4 Å². The van der Waals surface area contributed by atoms with Gasteiger partial charge in [-0.15, -0.1) is 0 Å². The number of carbonyl (C=O) groups is 1. The van der Waals surface area contributed by atoms with Crippen molar-refractivity contribution >= 4 is 33.0 Å². The molecule has 8 nitrogen and oxygen atoms in total. The highest BCUT2D eigenvalue weighted by molar-refractivity contribution is 7.89. The van der Waals surface area contributed by atoms with E-state index in [0.29, 0.717) is 43.3 Å². The first-order valence-electron chi connectivity index (χ1n) is 10.5. The Labute approximate surface area is 188 Å². The number of nitrogens with one attached hydrogen (secondary N) is 1. The molecule has 2 aromatic rings. The number of anilines is 2. The zero-order valence-corrected chi connectivity index (χ0v) is 18.9. The quantitative estimate of drug-likeness (QED) is 0.678. The van der Waals surface area contributed by atoms with Crippen LogP contribution in [-0.2, 0) is 26.0 Å². The van der Waals surface area contributed by atoms with E-state index in [2.05, 4.69) is 17.3 Å². The maximum Gasteiger partial charge on any atom is 0.282 e. The molecule has 0 aromatic heterocycles. The molecule has 1 amide bonds. The lowest BCUT2D eigenvalue weighted by Gasteiger charge is -2.26. The largest absolute Gasteiger partial charge is 0.379 e. The normalized spacial score (nSPS) is 18.8. The second-order valence-corrected chi connectivity index (χ2v) is 9.46. The number of rotatable bonds is 6. The van der Waals surface area contributed by atoms with Gasteiger partial charge in [0.15, 0.2) is 0 Å². The molecular weight excluding hydrogens is 428 g/mol. The predicted molar refractivity (Wildman–Crippen MR) is 124 cm³/mol. The fourth-order valence-electron chi connectivity index (χ4n) is 3.67. The second kappa shape index (κ2) is 9.23. The maximum atomic E-state index is 13.0. The molecule has 2 heterocycles. The number of sulfonamides is 1. The van der Waals surface area contributed by atoms with Crippen molar-refractivity contribution in [2.75, 3.05) is 36.6 Å². The van der Waals surface area contributed by atoms with Crippen molar-refractivity contribution in [3.63, 3.8) is 0 Å². The fourth-order valence-corrected chi connectivity index (χ4v) is 5.08. The predicted octanol–water partition coefficient (Wildman–Crippen LogP) is 2.99. The summed E-state index contributed by atoms with van der Waals surface area (Å²) >= 11 is 0. The summed E-state index contributed by atoms with van der Waals surface area (Å²) < 4.78 is 32.3. The van der Waals surface area contributed by atoms with Crippen LogP contribution in [0.4, 0.5) is 11.4 Å². The van der Waals surface area contributed by atoms with Gasteiger partial charge in [0.1, 0.15) is 0 Å². The van der Waals surface area contributed by atoms with E-state index >= 15 is 0 Å². The summed E-state index contributed by atoms with van der Waals surface area (Å²) in [7, 11) is -3.59. The van der Waals surface area contributed by atoms with Crippen LogP contribution in [0.15, 0.2) is 70.3 Å². The van der Waals surface area contributed by atoms with Gasteiger partial charge in [-0.1, -0.05) is 25.1 Å². The number of para-hydroxylation sites is 1. The van der Waals surface area contributed by atoms with Crippen molar-refractivity contribution in [1.29, 1.82) is 0 Å². The zero-order chi connectivity index (χ0) is 22.7. The molecule has 9 heteroatoms. The van der Waals surface area contributed by atoms with Crippen LogP contribution in [0, 0.1) is 0 Å². The number of amides is 1. The molecule has 2 aromatic carbocycles. The standard InChI is InChI=1S/C23H26N4O4S/c1-3-18-6-4-5-7-22(18)24-16-21-17(2)25-27(23(21)28)19-8-10-20(11-9-19)32(29,30)26-12-14-31-15-13-26/h4-11,16,24H,3,12-15H2,1-2H3/b21-16-. The molecule has 0 aliphatic carbocycles. The van der Waals surface area contributed by atoms with Crippen LogP contribution in [0.5, 0.6) is 0 Å². The number of morpholine rings is 1. The van der Waals surface area contributed by atoms with E-state index in [4.69, 9.17) is 4.74 Å². The minimum absolute atomic E-state index is 0.184. The molecule has 168 valence electrons. The maximum absolute atomic E-state index is 13.0. The summed E-state index contributed by atoms with van der Waals surface area (Å²) in [6.45, 7) is 5.29. The van der Waals surface area contributed by atoms with Gasteiger partial charge in [-0.2, -0.15) is 14.4 Å². The summed E-state index contributed by atoms with van der Waals surface area (Å²) in [4.78, 5) is 13.2. The van der Waals surface area contributed by atoms with Crippen LogP contribution < -0.4 is 10.3 Å². The van der Waals surface area contributed by atoms with Crippen LogP contribution in [0.3, 0.4) is 0 Å². The Bertz CT molecular complexity index is 1170. The van der Waals surface area contributed by atoms with Crippen molar-refractivity contribution < 1.29 is 17.9 Å². The molecule has 32 heavy (non-hydrogen) atoms. The summed E-state index contributed by atoms with van der Waals surface area (Å²) in [5, 5.41) is 8.88. The zero-order valence-electron chi connectivity index (χ0n) is 18.1. The van der Waals surface area contributed by atoms with Gasteiger partial charge in [0.05, 0.1) is 35.1 Å². The summed E-state index contributed by atoms with van der Waals surface area (Å²) in [6.07, 6.45) is 2.55. The molecule has 2 aliphatic rings. The Morgan fingerprint density at radius 3 is 2.47 bits per heavy atom. The molecule has 2 aliphatic heterocycles. The monoisotopic (exact) mass is 454 g/mol.